The Morgan fingerprint density at radius 3 is 2.64 bits per heavy atom. The van der Waals surface area contributed by atoms with Gasteiger partial charge in [0.25, 0.3) is 0 Å². The molecule has 0 bridgehead atoms. The summed E-state index contributed by atoms with van der Waals surface area (Å²) < 4.78 is 19.4. The number of carbonyl (C=O) groups excluding carboxylic acids is 1. The topological polar surface area (TPSA) is 56.2 Å². The maximum Gasteiger partial charge on any atom is 0.227 e. The van der Waals surface area contributed by atoms with Gasteiger partial charge in [-0.1, -0.05) is 18.2 Å². The van der Waals surface area contributed by atoms with Gasteiger partial charge in [-0.3, -0.25) is 9.69 Å². The number of rotatable bonds is 7. The van der Waals surface area contributed by atoms with Crippen LogP contribution < -0.4 is 4.74 Å². The highest BCUT2D eigenvalue weighted by Crippen LogP contribution is 2.28. The van der Waals surface area contributed by atoms with Crippen LogP contribution in [-0.2, 0) is 11.3 Å². The van der Waals surface area contributed by atoms with Gasteiger partial charge in [-0.15, -0.1) is 0 Å². The fraction of sp³-hybridized carbons (Fsp3) is 0.500. The van der Waals surface area contributed by atoms with Crippen molar-refractivity contribution in [1.82, 2.24) is 14.7 Å². The van der Waals surface area contributed by atoms with E-state index >= 15 is 0 Å². The van der Waals surface area contributed by atoms with Crippen molar-refractivity contribution in [2.75, 3.05) is 46.9 Å². The van der Waals surface area contributed by atoms with Crippen molar-refractivity contribution < 1.29 is 19.0 Å². The Morgan fingerprint density at radius 2 is 1.94 bits per heavy atom. The molecule has 2 saturated heterocycles. The van der Waals surface area contributed by atoms with Crippen LogP contribution >= 0.6 is 0 Å². The standard InChI is InChI=1S/C26H34FN3O3/c1-28(2)23-10-11-30(17-23)26(32)21-12-20(18-33-25-5-3-4-22(27)13-25)15-29(16-21)14-19-6-8-24(31)9-7-19/h3-9,13,20-21,23,31H,10-12,14-18H2,1-2H3/t20-,21+,23?/m0/s1. The summed E-state index contributed by atoms with van der Waals surface area (Å²) in [5.41, 5.74) is 1.10. The number of phenols is 1. The highest BCUT2D eigenvalue weighted by molar-refractivity contribution is 5.79. The Morgan fingerprint density at radius 1 is 1.15 bits per heavy atom. The van der Waals surface area contributed by atoms with E-state index in [1.807, 2.05) is 17.0 Å². The number of carbonyl (C=O) groups is 1. The van der Waals surface area contributed by atoms with Crippen LogP contribution in [0.15, 0.2) is 48.5 Å². The number of amides is 1. The summed E-state index contributed by atoms with van der Waals surface area (Å²) in [5, 5.41) is 9.59. The van der Waals surface area contributed by atoms with Crippen LogP contribution in [0.2, 0.25) is 0 Å². The Kier molecular flexibility index (Phi) is 7.50. The molecule has 1 N–H and O–H groups in total. The van der Waals surface area contributed by atoms with Gasteiger partial charge in [0.2, 0.25) is 5.91 Å². The van der Waals surface area contributed by atoms with Crippen LogP contribution in [-0.4, -0.2) is 78.6 Å². The summed E-state index contributed by atoms with van der Waals surface area (Å²) in [6, 6.07) is 13.8. The number of halogens is 1. The number of phenolic OH excluding ortho intramolecular Hbond substituents is 1. The van der Waals surface area contributed by atoms with Gasteiger partial charge in [-0.05, 0) is 56.8 Å². The van der Waals surface area contributed by atoms with E-state index < -0.39 is 0 Å². The zero-order valence-corrected chi connectivity index (χ0v) is 19.5. The molecule has 2 aromatic rings. The second-order valence-electron chi connectivity index (χ2n) is 9.62. The summed E-state index contributed by atoms with van der Waals surface area (Å²) in [5.74, 6) is 0.754. The average molecular weight is 456 g/mol. The van der Waals surface area contributed by atoms with Crippen LogP contribution in [0.3, 0.4) is 0 Å². The van der Waals surface area contributed by atoms with Crippen molar-refractivity contribution >= 4 is 5.91 Å². The molecular weight excluding hydrogens is 421 g/mol. The molecule has 0 saturated carbocycles. The molecule has 0 aliphatic carbocycles. The maximum absolute atomic E-state index is 13.5. The van der Waals surface area contributed by atoms with Gasteiger partial charge < -0.3 is 19.6 Å². The number of likely N-dealkylation sites (tertiary alicyclic amines) is 2. The normalized spacial score (nSPS) is 23.8. The van der Waals surface area contributed by atoms with Gasteiger partial charge in [0.1, 0.15) is 17.3 Å². The van der Waals surface area contributed by atoms with E-state index in [0.29, 0.717) is 31.5 Å². The molecule has 2 fully saturated rings. The largest absolute Gasteiger partial charge is 0.508 e. The van der Waals surface area contributed by atoms with Crippen molar-refractivity contribution in [3.63, 3.8) is 0 Å². The van der Waals surface area contributed by atoms with Gasteiger partial charge in [-0.2, -0.15) is 0 Å². The van der Waals surface area contributed by atoms with Crippen molar-refractivity contribution in [3.8, 4) is 11.5 Å². The zero-order valence-electron chi connectivity index (χ0n) is 19.5. The number of benzene rings is 2. The monoisotopic (exact) mass is 455 g/mol. The van der Waals surface area contributed by atoms with E-state index in [1.165, 1.54) is 12.1 Å². The molecule has 0 spiro atoms. The second kappa shape index (κ2) is 10.5. The third-order valence-electron chi connectivity index (χ3n) is 6.79. The van der Waals surface area contributed by atoms with Crippen LogP contribution in [0, 0.1) is 17.7 Å². The Hall–Kier alpha value is -2.64. The number of nitrogens with zero attached hydrogens (tertiary/aromatic N) is 3. The van der Waals surface area contributed by atoms with Gasteiger partial charge >= 0.3 is 0 Å². The van der Waals surface area contributed by atoms with E-state index in [4.69, 9.17) is 4.74 Å². The molecule has 0 radical (unpaired) electrons. The molecular formula is C26H34FN3O3. The third-order valence-corrected chi connectivity index (χ3v) is 6.79. The Labute approximate surface area is 195 Å². The number of hydrogen-bond acceptors (Lipinski definition) is 5. The number of ether oxygens (including phenoxy) is 1. The Bertz CT molecular complexity index is 937. The first-order valence-corrected chi connectivity index (χ1v) is 11.7. The van der Waals surface area contributed by atoms with E-state index in [0.717, 1.165) is 38.0 Å². The van der Waals surface area contributed by atoms with Crippen molar-refractivity contribution in [2.24, 2.45) is 11.8 Å². The molecule has 4 rings (SSSR count). The molecule has 6 nitrogen and oxygen atoms in total. The lowest BCUT2D eigenvalue weighted by atomic mass is 9.88. The number of piperidine rings is 1. The molecule has 1 amide bonds. The lowest BCUT2D eigenvalue weighted by molar-refractivity contribution is -0.137. The van der Waals surface area contributed by atoms with Crippen molar-refractivity contribution in [3.05, 3.63) is 59.9 Å². The summed E-state index contributed by atoms with van der Waals surface area (Å²) in [7, 11) is 4.14. The molecule has 33 heavy (non-hydrogen) atoms. The minimum absolute atomic E-state index is 0.0853. The third kappa shape index (κ3) is 6.24. The smallest absolute Gasteiger partial charge is 0.227 e. The molecule has 2 heterocycles. The summed E-state index contributed by atoms with van der Waals surface area (Å²) in [6.45, 7) is 4.26. The van der Waals surface area contributed by atoms with Gasteiger partial charge in [0.15, 0.2) is 0 Å². The van der Waals surface area contributed by atoms with E-state index in [2.05, 4.69) is 23.9 Å². The second-order valence-corrected chi connectivity index (χ2v) is 9.62. The summed E-state index contributed by atoms with van der Waals surface area (Å²) in [6.07, 6.45) is 1.78. The summed E-state index contributed by atoms with van der Waals surface area (Å²) in [4.78, 5) is 19.9. The first-order valence-electron chi connectivity index (χ1n) is 11.7. The highest BCUT2D eigenvalue weighted by Gasteiger charge is 2.37. The van der Waals surface area contributed by atoms with Crippen molar-refractivity contribution in [2.45, 2.75) is 25.4 Å². The minimum Gasteiger partial charge on any atom is -0.508 e. The molecule has 2 aromatic carbocycles. The zero-order chi connectivity index (χ0) is 23.4. The SMILES string of the molecule is CN(C)C1CCN(C(=O)[C@@H]2C[C@H](COc3cccc(F)c3)CN(Cc3ccc(O)cc3)C2)C1. The lowest BCUT2D eigenvalue weighted by Gasteiger charge is -2.38. The van der Waals surface area contributed by atoms with Crippen LogP contribution in [0.4, 0.5) is 4.39 Å². The molecule has 178 valence electrons. The van der Waals surface area contributed by atoms with E-state index in [9.17, 15) is 14.3 Å². The van der Waals surface area contributed by atoms with Gasteiger partial charge in [0.05, 0.1) is 12.5 Å². The molecule has 7 heteroatoms. The fourth-order valence-corrected chi connectivity index (χ4v) is 4.98. The number of aromatic hydroxyl groups is 1. The first kappa shape index (κ1) is 23.5. The van der Waals surface area contributed by atoms with Crippen LogP contribution in [0.25, 0.3) is 0 Å². The predicted molar refractivity (Wildman–Crippen MR) is 126 cm³/mol. The molecule has 2 aliphatic heterocycles. The van der Waals surface area contributed by atoms with Crippen LogP contribution in [0.5, 0.6) is 11.5 Å². The quantitative estimate of drug-likeness (QED) is 0.695. The fourth-order valence-electron chi connectivity index (χ4n) is 4.98. The first-order chi connectivity index (χ1) is 15.9. The predicted octanol–water partition coefficient (Wildman–Crippen LogP) is 3.21. The number of likely N-dealkylation sites (N-methyl/N-ethyl adjacent to an activating group) is 1. The van der Waals surface area contributed by atoms with E-state index in [1.54, 1.807) is 24.3 Å². The average Bonchev–Trinajstić information content (AvgIpc) is 3.29. The number of hydrogen-bond donors (Lipinski definition) is 1. The minimum atomic E-state index is -0.317. The molecule has 1 unspecified atom stereocenters. The maximum atomic E-state index is 13.5. The van der Waals surface area contributed by atoms with Crippen molar-refractivity contribution in [1.29, 1.82) is 0 Å². The molecule has 2 aliphatic rings. The highest BCUT2D eigenvalue weighted by atomic mass is 19.1. The lowest BCUT2D eigenvalue weighted by Crippen LogP contribution is -2.48. The van der Waals surface area contributed by atoms with Gasteiger partial charge in [0, 0.05) is 50.7 Å². The van der Waals surface area contributed by atoms with Crippen LogP contribution in [0.1, 0.15) is 18.4 Å². The van der Waals surface area contributed by atoms with E-state index in [-0.39, 0.29) is 29.3 Å². The van der Waals surface area contributed by atoms with Gasteiger partial charge in [-0.25, -0.2) is 4.39 Å². The molecule has 0 aromatic heterocycles. The molecule has 3 atom stereocenters. The summed E-state index contributed by atoms with van der Waals surface area (Å²) >= 11 is 0. The Balaban J connectivity index is 1.44.